The number of rotatable bonds is 3. The highest BCUT2D eigenvalue weighted by Crippen LogP contribution is 2.20. The van der Waals surface area contributed by atoms with E-state index >= 15 is 0 Å². The largest absolute Gasteiger partial charge is 0.479 e. The standard InChI is InChI=1S/C17H19N3O4/c1-11-15(12(2)20(18-11)13-6-4-3-5-7-13)16(21)19-8-9-24-14(10-19)17(22)23/h3-7,14H,8-10H2,1-2H3,(H,22,23)/t14-/m0/s1. The molecule has 0 bridgehead atoms. The minimum absolute atomic E-state index is 0.0452. The monoisotopic (exact) mass is 329 g/mol. The van der Waals surface area contributed by atoms with Crippen LogP contribution in [-0.2, 0) is 9.53 Å². The number of carbonyl (C=O) groups is 2. The number of nitrogens with zero attached hydrogens (tertiary/aromatic N) is 3. The van der Waals surface area contributed by atoms with E-state index in [0.717, 1.165) is 11.4 Å². The molecule has 3 rings (SSSR count). The Bertz CT molecular complexity index is 770. The molecule has 1 fully saturated rings. The second-order valence-corrected chi connectivity index (χ2v) is 5.74. The number of aryl methyl sites for hydroxylation is 1. The van der Waals surface area contributed by atoms with E-state index < -0.39 is 12.1 Å². The Morgan fingerprint density at radius 3 is 2.62 bits per heavy atom. The first-order valence-corrected chi connectivity index (χ1v) is 7.74. The van der Waals surface area contributed by atoms with Gasteiger partial charge in [0, 0.05) is 6.54 Å². The maximum Gasteiger partial charge on any atom is 0.334 e. The van der Waals surface area contributed by atoms with Gasteiger partial charge in [-0.2, -0.15) is 5.10 Å². The Hall–Kier alpha value is -2.67. The van der Waals surface area contributed by atoms with Gasteiger partial charge in [0.05, 0.1) is 35.8 Å². The van der Waals surface area contributed by atoms with Gasteiger partial charge in [0.1, 0.15) is 0 Å². The Balaban J connectivity index is 1.91. The first-order valence-electron chi connectivity index (χ1n) is 7.74. The fourth-order valence-electron chi connectivity index (χ4n) is 2.91. The van der Waals surface area contributed by atoms with Gasteiger partial charge < -0.3 is 14.7 Å². The van der Waals surface area contributed by atoms with Crippen LogP contribution in [0.25, 0.3) is 5.69 Å². The Morgan fingerprint density at radius 2 is 1.96 bits per heavy atom. The van der Waals surface area contributed by atoms with Crippen LogP contribution >= 0.6 is 0 Å². The van der Waals surface area contributed by atoms with E-state index in [1.807, 2.05) is 37.3 Å². The Morgan fingerprint density at radius 1 is 1.25 bits per heavy atom. The van der Waals surface area contributed by atoms with E-state index in [1.54, 1.807) is 11.6 Å². The van der Waals surface area contributed by atoms with Crippen LogP contribution < -0.4 is 0 Å². The van der Waals surface area contributed by atoms with Gasteiger partial charge in [0.15, 0.2) is 6.10 Å². The van der Waals surface area contributed by atoms with Gasteiger partial charge in [-0.15, -0.1) is 0 Å². The zero-order valence-corrected chi connectivity index (χ0v) is 13.6. The summed E-state index contributed by atoms with van der Waals surface area (Å²) in [4.78, 5) is 25.5. The number of ether oxygens (including phenoxy) is 1. The fourth-order valence-corrected chi connectivity index (χ4v) is 2.91. The van der Waals surface area contributed by atoms with E-state index in [1.165, 1.54) is 4.90 Å². The first kappa shape index (κ1) is 16.2. The molecule has 0 aliphatic carbocycles. The lowest BCUT2D eigenvalue weighted by molar-refractivity contribution is -0.154. The van der Waals surface area contributed by atoms with Crippen molar-refractivity contribution in [2.75, 3.05) is 19.7 Å². The van der Waals surface area contributed by atoms with Crippen LogP contribution in [0.5, 0.6) is 0 Å². The molecule has 0 radical (unpaired) electrons. The summed E-state index contributed by atoms with van der Waals surface area (Å²) in [5.41, 5.74) is 2.76. The summed E-state index contributed by atoms with van der Waals surface area (Å²) in [5.74, 6) is -1.26. The van der Waals surface area contributed by atoms with Crippen LogP contribution in [0.1, 0.15) is 21.7 Å². The van der Waals surface area contributed by atoms with Crippen LogP contribution in [0.4, 0.5) is 0 Å². The maximum absolute atomic E-state index is 12.9. The minimum atomic E-state index is -1.05. The van der Waals surface area contributed by atoms with Crippen LogP contribution in [0, 0.1) is 13.8 Å². The molecule has 0 unspecified atom stereocenters. The third-order valence-corrected chi connectivity index (χ3v) is 4.14. The Labute approximate surface area is 139 Å². The van der Waals surface area contributed by atoms with Gasteiger partial charge in [-0.05, 0) is 26.0 Å². The molecule has 0 spiro atoms. The molecule has 1 atom stereocenters. The average Bonchev–Trinajstić information content (AvgIpc) is 2.89. The fraction of sp³-hybridized carbons (Fsp3) is 0.353. The summed E-state index contributed by atoms with van der Waals surface area (Å²) < 4.78 is 6.91. The van der Waals surface area contributed by atoms with Gasteiger partial charge in [-0.25, -0.2) is 9.48 Å². The number of carboxylic acid groups (broad SMARTS) is 1. The molecule has 1 amide bonds. The molecule has 24 heavy (non-hydrogen) atoms. The molecule has 126 valence electrons. The highest BCUT2D eigenvalue weighted by atomic mass is 16.5. The molecule has 1 aromatic heterocycles. The molecule has 2 aromatic rings. The molecular formula is C17H19N3O4. The topological polar surface area (TPSA) is 84.7 Å². The van der Waals surface area contributed by atoms with Crippen molar-refractivity contribution >= 4 is 11.9 Å². The van der Waals surface area contributed by atoms with Gasteiger partial charge in [-0.1, -0.05) is 18.2 Å². The zero-order valence-electron chi connectivity index (χ0n) is 13.6. The number of morpholine rings is 1. The minimum Gasteiger partial charge on any atom is -0.479 e. The van der Waals surface area contributed by atoms with E-state index in [4.69, 9.17) is 9.84 Å². The molecule has 1 aliphatic heterocycles. The van der Waals surface area contributed by atoms with Crippen LogP contribution in [0.15, 0.2) is 30.3 Å². The molecule has 7 nitrogen and oxygen atoms in total. The second kappa shape index (κ2) is 6.45. The highest BCUT2D eigenvalue weighted by molar-refractivity contribution is 5.97. The second-order valence-electron chi connectivity index (χ2n) is 5.74. The number of amides is 1. The van der Waals surface area contributed by atoms with Crippen molar-refractivity contribution in [3.05, 3.63) is 47.3 Å². The SMILES string of the molecule is Cc1nn(-c2ccccc2)c(C)c1C(=O)N1CCO[C@H](C(=O)O)C1. The number of aromatic nitrogens is 2. The molecule has 1 saturated heterocycles. The van der Waals surface area contributed by atoms with Crippen molar-refractivity contribution in [3.63, 3.8) is 0 Å². The summed E-state index contributed by atoms with van der Waals surface area (Å²) >= 11 is 0. The quantitative estimate of drug-likeness (QED) is 0.920. The summed E-state index contributed by atoms with van der Waals surface area (Å²) in [6.07, 6.45) is -0.979. The Kier molecular flexibility index (Phi) is 4.35. The van der Waals surface area contributed by atoms with Gasteiger partial charge in [0.25, 0.3) is 5.91 Å². The zero-order chi connectivity index (χ0) is 17.3. The predicted molar refractivity (Wildman–Crippen MR) is 86.3 cm³/mol. The number of carboxylic acids is 1. The van der Waals surface area contributed by atoms with Crippen molar-refractivity contribution in [2.24, 2.45) is 0 Å². The van der Waals surface area contributed by atoms with Gasteiger partial charge in [-0.3, -0.25) is 4.79 Å². The number of carbonyl (C=O) groups excluding carboxylic acids is 1. The number of benzene rings is 1. The summed E-state index contributed by atoms with van der Waals surface area (Å²) in [5, 5.41) is 13.6. The van der Waals surface area contributed by atoms with E-state index in [2.05, 4.69) is 5.10 Å². The highest BCUT2D eigenvalue weighted by Gasteiger charge is 2.32. The lowest BCUT2D eigenvalue weighted by Gasteiger charge is -2.31. The van der Waals surface area contributed by atoms with Crippen molar-refractivity contribution in [3.8, 4) is 5.69 Å². The third-order valence-electron chi connectivity index (χ3n) is 4.14. The summed E-state index contributed by atoms with van der Waals surface area (Å²) in [6, 6.07) is 9.58. The van der Waals surface area contributed by atoms with E-state index in [-0.39, 0.29) is 19.1 Å². The van der Waals surface area contributed by atoms with Crippen LogP contribution in [-0.4, -0.2) is 57.5 Å². The third kappa shape index (κ3) is 2.90. The van der Waals surface area contributed by atoms with Gasteiger partial charge in [0.2, 0.25) is 0 Å². The van der Waals surface area contributed by atoms with E-state index in [9.17, 15) is 9.59 Å². The lowest BCUT2D eigenvalue weighted by atomic mass is 10.1. The van der Waals surface area contributed by atoms with Gasteiger partial charge >= 0.3 is 5.97 Å². The van der Waals surface area contributed by atoms with Crippen LogP contribution in [0.3, 0.4) is 0 Å². The van der Waals surface area contributed by atoms with Crippen molar-refractivity contribution in [2.45, 2.75) is 20.0 Å². The molecule has 1 N–H and O–H groups in total. The lowest BCUT2D eigenvalue weighted by Crippen LogP contribution is -2.48. The van der Waals surface area contributed by atoms with Crippen LogP contribution in [0.2, 0.25) is 0 Å². The smallest absolute Gasteiger partial charge is 0.334 e. The normalized spacial score (nSPS) is 17.8. The first-order chi connectivity index (χ1) is 11.5. The average molecular weight is 329 g/mol. The van der Waals surface area contributed by atoms with Crippen molar-refractivity contribution in [1.29, 1.82) is 0 Å². The number of hydrogen-bond donors (Lipinski definition) is 1. The number of aliphatic carboxylic acids is 1. The molecule has 1 aromatic carbocycles. The molecular weight excluding hydrogens is 310 g/mol. The number of hydrogen-bond acceptors (Lipinski definition) is 4. The van der Waals surface area contributed by atoms with Crippen molar-refractivity contribution in [1.82, 2.24) is 14.7 Å². The number of para-hydroxylation sites is 1. The summed E-state index contributed by atoms with van der Waals surface area (Å²) in [7, 11) is 0. The van der Waals surface area contributed by atoms with E-state index in [0.29, 0.717) is 17.8 Å². The molecule has 7 heteroatoms. The predicted octanol–water partition coefficient (Wildman–Crippen LogP) is 1.41. The van der Waals surface area contributed by atoms with Crippen molar-refractivity contribution < 1.29 is 19.4 Å². The molecule has 0 saturated carbocycles. The maximum atomic E-state index is 12.9. The molecule has 2 heterocycles. The molecule has 1 aliphatic rings. The summed E-state index contributed by atoms with van der Waals surface area (Å²) in [6.45, 7) is 4.26.